The van der Waals surface area contributed by atoms with Crippen LogP contribution < -0.4 is 21.3 Å². The first kappa shape index (κ1) is 32.7. The number of ether oxygens (including phenoxy) is 1. The second-order valence-electron chi connectivity index (χ2n) is 9.47. The third kappa shape index (κ3) is 10.5. The maximum Gasteiger partial charge on any atom is 0.337 e. The SMILES string of the molecule is COC(=O)c1ccc(C(CNC(=O)[C@H](CCSC)NC(=O)Cc2ccc(NC(=O)Nc3ccccc3)cc2)C(=O)O)cc1. The molecule has 0 saturated heterocycles. The monoisotopic (exact) mass is 606 g/mol. The van der Waals surface area contributed by atoms with Crippen molar-refractivity contribution in [3.05, 3.63) is 95.6 Å². The molecule has 43 heavy (non-hydrogen) atoms. The minimum atomic E-state index is -1.15. The van der Waals surface area contributed by atoms with Crippen molar-refractivity contribution in [3.63, 3.8) is 0 Å². The topological polar surface area (TPSA) is 163 Å². The van der Waals surface area contributed by atoms with E-state index >= 15 is 0 Å². The summed E-state index contributed by atoms with van der Waals surface area (Å²) in [5.74, 6) is -3.03. The Morgan fingerprint density at radius 2 is 1.49 bits per heavy atom. The van der Waals surface area contributed by atoms with Crippen LogP contribution in [0.4, 0.5) is 16.2 Å². The number of anilines is 2. The largest absolute Gasteiger partial charge is 0.481 e. The summed E-state index contributed by atoms with van der Waals surface area (Å²) in [4.78, 5) is 61.7. The van der Waals surface area contributed by atoms with E-state index in [0.717, 1.165) is 0 Å². The van der Waals surface area contributed by atoms with Crippen LogP contribution in [0.1, 0.15) is 33.8 Å². The second kappa shape index (κ2) is 16.6. The summed E-state index contributed by atoms with van der Waals surface area (Å²) in [7, 11) is 1.25. The molecule has 4 amide bonds. The number of carboxylic acid groups (broad SMARTS) is 1. The lowest BCUT2D eigenvalue weighted by molar-refractivity contribution is -0.139. The number of hydrogen-bond donors (Lipinski definition) is 5. The summed E-state index contributed by atoms with van der Waals surface area (Å²) in [6.45, 7) is -0.205. The molecular formula is C31H34N4O7S. The Bertz CT molecular complexity index is 1400. The molecule has 0 aliphatic carbocycles. The van der Waals surface area contributed by atoms with Crippen LogP contribution in [0.2, 0.25) is 0 Å². The molecule has 11 nitrogen and oxygen atoms in total. The Hall–Kier alpha value is -4.84. The van der Waals surface area contributed by atoms with Crippen LogP contribution >= 0.6 is 11.8 Å². The van der Waals surface area contributed by atoms with Crippen molar-refractivity contribution < 1.29 is 33.8 Å². The van der Waals surface area contributed by atoms with E-state index < -0.39 is 35.8 Å². The molecule has 5 N–H and O–H groups in total. The zero-order chi connectivity index (χ0) is 31.2. The molecule has 226 valence electrons. The highest BCUT2D eigenvalue weighted by atomic mass is 32.2. The van der Waals surface area contributed by atoms with Gasteiger partial charge in [-0.3, -0.25) is 14.4 Å². The second-order valence-corrected chi connectivity index (χ2v) is 10.5. The quantitative estimate of drug-likeness (QED) is 0.173. The third-order valence-corrected chi connectivity index (χ3v) is 7.03. The van der Waals surface area contributed by atoms with Crippen molar-refractivity contribution in [1.82, 2.24) is 10.6 Å². The number of urea groups is 1. The molecule has 0 aromatic heterocycles. The molecule has 0 spiro atoms. The molecule has 0 radical (unpaired) electrons. The zero-order valence-electron chi connectivity index (χ0n) is 23.8. The summed E-state index contributed by atoms with van der Waals surface area (Å²) in [6.07, 6.45) is 2.23. The van der Waals surface area contributed by atoms with E-state index in [1.54, 1.807) is 36.4 Å². The number of nitrogens with one attached hydrogen (secondary N) is 4. The molecule has 2 atom stereocenters. The highest BCUT2D eigenvalue weighted by molar-refractivity contribution is 7.98. The summed E-state index contributed by atoms with van der Waals surface area (Å²) >= 11 is 1.51. The maximum absolute atomic E-state index is 13.0. The number of thioether (sulfide) groups is 1. The van der Waals surface area contributed by atoms with Crippen LogP contribution in [-0.2, 0) is 25.5 Å². The van der Waals surface area contributed by atoms with E-state index in [1.165, 1.54) is 43.1 Å². The standard InChI is InChI=1S/C31H34N4O7S/c1-42-30(40)22-12-10-21(11-13-22)25(29(38)39)19-32-28(37)26(16-17-43-2)35-27(36)18-20-8-14-24(15-9-20)34-31(41)33-23-6-4-3-5-7-23/h3-15,25-26H,16-19H2,1-2H3,(H,32,37)(H,35,36)(H,38,39)(H2,33,34,41)/t25?,26-/m0/s1. The predicted octanol–water partition coefficient (Wildman–Crippen LogP) is 3.88. The number of esters is 1. The molecule has 1 unspecified atom stereocenters. The molecule has 3 rings (SSSR count). The number of methoxy groups -OCH3 is 1. The zero-order valence-corrected chi connectivity index (χ0v) is 24.6. The van der Waals surface area contributed by atoms with Crippen LogP contribution in [0, 0.1) is 0 Å². The van der Waals surface area contributed by atoms with Gasteiger partial charge in [0.1, 0.15) is 6.04 Å². The van der Waals surface area contributed by atoms with Crippen molar-refractivity contribution >= 4 is 52.9 Å². The summed E-state index contributed by atoms with van der Waals surface area (Å²) in [5, 5.41) is 20.6. The third-order valence-electron chi connectivity index (χ3n) is 6.38. The molecular weight excluding hydrogens is 572 g/mol. The number of amides is 4. The molecule has 12 heteroatoms. The summed E-state index contributed by atoms with van der Waals surface area (Å²) < 4.78 is 4.66. The molecule has 0 aliphatic heterocycles. The van der Waals surface area contributed by atoms with E-state index in [1.807, 2.05) is 24.5 Å². The Morgan fingerprint density at radius 3 is 2.07 bits per heavy atom. The normalized spacial score (nSPS) is 11.9. The lowest BCUT2D eigenvalue weighted by atomic mass is 9.97. The minimum Gasteiger partial charge on any atom is -0.481 e. The first-order valence-corrected chi connectivity index (χ1v) is 14.8. The summed E-state index contributed by atoms with van der Waals surface area (Å²) in [6, 6.07) is 20.4. The number of rotatable bonds is 14. The Kier molecular flexibility index (Phi) is 12.6. The van der Waals surface area contributed by atoms with Crippen LogP contribution in [0.5, 0.6) is 0 Å². The van der Waals surface area contributed by atoms with Gasteiger partial charge < -0.3 is 31.1 Å². The molecule has 0 saturated carbocycles. The molecule has 0 heterocycles. The van der Waals surface area contributed by atoms with Gasteiger partial charge in [-0.15, -0.1) is 0 Å². The maximum atomic E-state index is 13.0. The Balaban J connectivity index is 1.55. The average molecular weight is 607 g/mol. The Morgan fingerprint density at radius 1 is 0.860 bits per heavy atom. The number of benzene rings is 3. The number of carbonyl (C=O) groups is 5. The van der Waals surface area contributed by atoms with E-state index in [0.29, 0.717) is 34.7 Å². The van der Waals surface area contributed by atoms with Crippen molar-refractivity contribution in [1.29, 1.82) is 0 Å². The number of carboxylic acids is 1. The van der Waals surface area contributed by atoms with Gasteiger partial charge in [-0.1, -0.05) is 42.5 Å². The smallest absolute Gasteiger partial charge is 0.337 e. The fourth-order valence-corrected chi connectivity index (χ4v) is 4.57. The number of hydrogen-bond acceptors (Lipinski definition) is 7. The van der Waals surface area contributed by atoms with E-state index in [4.69, 9.17) is 0 Å². The number of para-hydroxylation sites is 1. The minimum absolute atomic E-state index is 0.00380. The molecule has 3 aromatic carbocycles. The van der Waals surface area contributed by atoms with Gasteiger partial charge in [0.15, 0.2) is 0 Å². The van der Waals surface area contributed by atoms with Gasteiger partial charge in [-0.2, -0.15) is 11.8 Å². The van der Waals surface area contributed by atoms with Crippen molar-refractivity contribution in [3.8, 4) is 0 Å². The van der Waals surface area contributed by atoms with Gasteiger partial charge in [0, 0.05) is 17.9 Å². The van der Waals surface area contributed by atoms with Crippen LogP contribution in [0.25, 0.3) is 0 Å². The predicted molar refractivity (Wildman–Crippen MR) is 165 cm³/mol. The van der Waals surface area contributed by atoms with E-state index in [-0.39, 0.29) is 24.4 Å². The fourth-order valence-electron chi connectivity index (χ4n) is 4.10. The molecule has 0 bridgehead atoms. The van der Waals surface area contributed by atoms with Gasteiger partial charge in [-0.25, -0.2) is 9.59 Å². The molecule has 3 aromatic rings. The Labute approximate surface area is 253 Å². The van der Waals surface area contributed by atoms with Gasteiger partial charge in [0.2, 0.25) is 11.8 Å². The highest BCUT2D eigenvalue weighted by Gasteiger charge is 2.25. The van der Waals surface area contributed by atoms with E-state index in [9.17, 15) is 29.1 Å². The van der Waals surface area contributed by atoms with Crippen molar-refractivity contribution in [2.75, 3.05) is 36.3 Å². The van der Waals surface area contributed by atoms with Crippen molar-refractivity contribution in [2.45, 2.75) is 24.8 Å². The lowest BCUT2D eigenvalue weighted by Gasteiger charge is -2.20. The van der Waals surface area contributed by atoms with Crippen LogP contribution in [0.3, 0.4) is 0 Å². The number of carbonyl (C=O) groups excluding carboxylic acids is 4. The van der Waals surface area contributed by atoms with Gasteiger partial charge >= 0.3 is 18.0 Å². The first-order valence-electron chi connectivity index (χ1n) is 13.4. The summed E-state index contributed by atoms with van der Waals surface area (Å²) in [5.41, 5.74) is 2.56. The average Bonchev–Trinajstić information content (AvgIpc) is 3.00. The molecule has 0 aliphatic rings. The fraction of sp³-hybridized carbons (Fsp3) is 0.258. The van der Waals surface area contributed by atoms with E-state index in [2.05, 4.69) is 26.0 Å². The van der Waals surface area contributed by atoms with Gasteiger partial charge in [0.05, 0.1) is 25.0 Å². The van der Waals surface area contributed by atoms with Gasteiger partial charge in [0.25, 0.3) is 0 Å². The lowest BCUT2D eigenvalue weighted by Crippen LogP contribution is -2.48. The van der Waals surface area contributed by atoms with Crippen molar-refractivity contribution in [2.24, 2.45) is 0 Å². The first-order chi connectivity index (χ1) is 20.7. The number of aliphatic carboxylic acids is 1. The van der Waals surface area contributed by atoms with Crippen LogP contribution in [-0.4, -0.2) is 66.6 Å². The van der Waals surface area contributed by atoms with Gasteiger partial charge in [-0.05, 0) is 66.0 Å². The molecule has 0 fully saturated rings. The highest BCUT2D eigenvalue weighted by Crippen LogP contribution is 2.17. The van der Waals surface area contributed by atoms with Crippen LogP contribution in [0.15, 0.2) is 78.9 Å².